The first-order valence-electron chi connectivity index (χ1n) is 5.89. The van der Waals surface area contributed by atoms with Gasteiger partial charge in [-0.3, -0.25) is 0 Å². The number of carbonyl (C=O) groups excluding carboxylic acids is 1. The van der Waals surface area contributed by atoms with Crippen molar-refractivity contribution in [1.29, 1.82) is 0 Å². The summed E-state index contributed by atoms with van der Waals surface area (Å²) >= 11 is 0. The smallest absolute Gasteiger partial charge is 0.334 e. The molecule has 17 heavy (non-hydrogen) atoms. The standard InChI is InChI=1S/C5H10O4.3C2H6.CH4O/c1-7-3-5(6)9-4-8-2;4*1-2/h3-4H2,1-2H3;3*1-2H3;2H,1H3. The van der Waals surface area contributed by atoms with Gasteiger partial charge in [0.1, 0.15) is 6.61 Å². The van der Waals surface area contributed by atoms with Crippen molar-refractivity contribution in [1.82, 2.24) is 0 Å². The molecule has 0 aromatic carbocycles. The van der Waals surface area contributed by atoms with Gasteiger partial charge in [-0.05, 0) is 0 Å². The van der Waals surface area contributed by atoms with Gasteiger partial charge in [0.25, 0.3) is 0 Å². The van der Waals surface area contributed by atoms with E-state index in [-0.39, 0.29) is 13.4 Å². The predicted molar refractivity (Wildman–Crippen MR) is 72.0 cm³/mol. The first-order valence-corrected chi connectivity index (χ1v) is 5.89. The van der Waals surface area contributed by atoms with Crippen LogP contribution in [-0.2, 0) is 19.0 Å². The van der Waals surface area contributed by atoms with Crippen molar-refractivity contribution in [2.75, 3.05) is 34.7 Å². The van der Waals surface area contributed by atoms with Gasteiger partial charge >= 0.3 is 5.97 Å². The van der Waals surface area contributed by atoms with Gasteiger partial charge < -0.3 is 19.3 Å². The van der Waals surface area contributed by atoms with Crippen LogP contribution in [0.3, 0.4) is 0 Å². The van der Waals surface area contributed by atoms with Gasteiger partial charge in [-0.2, -0.15) is 0 Å². The Morgan fingerprint density at radius 1 is 0.882 bits per heavy atom. The van der Waals surface area contributed by atoms with Crippen molar-refractivity contribution in [3.63, 3.8) is 0 Å². The molecule has 0 atom stereocenters. The van der Waals surface area contributed by atoms with Crippen molar-refractivity contribution >= 4 is 5.97 Å². The van der Waals surface area contributed by atoms with Gasteiger partial charge in [-0.15, -0.1) is 0 Å². The summed E-state index contributed by atoms with van der Waals surface area (Å²) in [6, 6.07) is 0. The second-order valence-electron chi connectivity index (χ2n) is 1.36. The SMILES string of the molecule is CC.CC.CC.CO.COCOC(=O)COC. The van der Waals surface area contributed by atoms with Crippen LogP contribution < -0.4 is 0 Å². The summed E-state index contributed by atoms with van der Waals surface area (Å²) in [6.45, 7) is 12.0. The fourth-order valence-corrected chi connectivity index (χ4v) is 0.284. The van der Waals surface area contributed by atoms with Crippen LogP contribution in [0, 0.1) is 0 Å². The number of hydrogen-bond donors (Lipinski definition) is 1. The molecule has 0 saturated carbocycles. The highest BCUT2D eigenvalue weighted by molar-refractivity contribution is 5.70. The van der Waals surface area contributed by atoms with Crippen molar-refractivity contribution in [2.24, 2.45) is 0 Å². The van der Waals surface area contributed by atoms with Crippen LogP contribution in [0.2, 0.25) is 0 Å². The fourth-order valence-electron chi connectivity index (χ4n) is 0.284. The van der Waals surface area contributed by atoms with E-state index in [4.69, 9.17) is 5.11 Å². The molecule has 0 aromatic rings. The molecule has 0 aliphatic heterocycles. The maximum Gasteiger partial charge on any atom is 0.334 e. The molecule has 0 unspecified atom stereocenters. The third-order valence-electron chi connectivity index (χ3n) is 0.600. The number of hydrogen-bond acceptors (Lipinski definition) is 5. The van der Waals surface area contributed by atoms with E-state index in [1.807, 2.05) is 41.5 Å². The molecular formula is C12H32O5. The Bertz CT molecular complexity index is 87.0. The van der Waals surface area contributed by atoms with E-state index in [1.165, 1.54) is 14.2 Å². The Balaban J connectivity index is -0.0000000507. The first-order chi connectivity index (χ1) is 8.31. The van der Waals surface area contributed by atoms with Crippen molar-refractivity contribution in [3.8, 4) is 0 Å². The lowest BCUT2D eigenvalue weighted by molar-refractivity contribution is -0.158. The van der Waals surface area contributed by atoms with Crippen LogP contribution in [-0.4, -0.2) is 45.8 Å². The lowest BCUT2D eigenvalue weighted by Crippen LogP contribution is -2.12. The molecule has 0 aromatic heterocycles. The lowest BCUT2D eigenvalue weighted by Gasteiger charge is -1.99. The maximum atomic E-state index is 10.4. The first kappa shape index (κ1) is 29.9. The van der Waals surface area contributed by atoms with Crippen molar-refractivity contribution in [2.45, 2.75) is 41.5 Å². The summed E-state index contributed by atoms with van der Waals surface area (Å²) in [5.41, 5.74) is 0. The Kier molecular flexibility index (Phi) is 103. The fraction of sp³-hybridized carbons (Fsp3) is 0.917. The molecule has 0 radical (unpaired) electrons. The number of rotatable bonds is 4. The summed E-state index contributed by atoms with van der Waals surface area (Å²) in [4.78, 5) is 10.4. The van der Waals surface area contributed by atoms with Gasteiger partial charge in [0.2, 0.25) is 0 Å². The Hall–Kier alpha value is -0.650. The normalized spacial score (nSPS) is 6.24. The Morgan fingerprint density at radius 2 is 1.24 bits per heavy atom. The zero-order chi connectivity index (χ0) is 15.1. The second kappa shape index (κ2) is 58.5. The summed E-state index contributed by atoms with van der Waals surface area (Å²) in [7, 11) is 3.87. The molecule has 0 fully saturated rings. The van der Waals surface area contributed by atoms with Gasteiger partial charge in [-0.1, -0.05) is 41.5 Å². The molecule has 0 aliphatic carbocycles. The largest absolute Gasteiger partial charge is 0.437 e. The maximum absolute atomic E-state index is 10.4. The van der Waals surface area contributed by atoms with Crippen LogP contribution in [0.5, 0.6) is 0 Å². The summed E-state index contributed by atoms with van der Waals surface area (Å²) in [6.07, 6.45) is 0. The van der Waals surface area contributed by atoms with Crippen molar-refractivity contribution < 1.29 is 24.1 Å². The van der Waals surface area contributed by atoms with Gasteiger partial charge in [0.05, 0.1) is 0 Å². The number of ether oxygens (including phenoxy) is 3. The minimum Gasteiger partial charge on any atom is -0.437 e. The number of carbonyl (C=O) groups is 1. The van der Waals surface area contributed by atoms with E-state index in [2.05, 4.69) is 14.2 Å². The third kappa shape index (κ3) is 67.8. The third-order valence-corrected chi connectivity index (χ3v) is 0.600. The quantitative estimate of drug-likeness (QED) is 0.618. The molecule has 1 N–H and O–H groups in total. The van der Waals surface area contributed by atoms with E-state index in [0.29, 0.717) is 0 Å². The monoisotopic (exact) mass is 256 g/mol. The lowest BCUT2D eigenvalue weighted by atomic mass is 10.7. The Morgan fingerprint density at radius 3 is 1.47 bits per heavy atom. The highest BCUT2D eigenvalue weighted by Gasteiger charge is 1.97. The molecule has 0 heterocycles. The number of esters is 1. The average molecular weight is 256 g/mol. The summed E-state index contributed by atoms with van der Waals surface area (Å²) in [5.74, 6) is -0.417. The van der Waals surface area contributed by atoms with E-state index >= 15 is 0 Å². The summed E-state index contributed by atoms with van der Waals surface area (Å²) < 4.78 is 13.4. The Labute approximate surface area is 107 Å². The van der Waals surface area contributed by atoms with E-state index in [0.717, 1.165) is 7.11 Å². The minimum atomic E-state index is -0.417. The molecule has 5 nitrogen and oxygen atoms in total. The number of aliphatic hydroxyl groups is 1. The van der Waals surface area contributed by atoms with E-state index < -0.39 is 5.97 Å². The molecule has 0 spiro atoms. The average Bonchev–Trinajstić information content (AvgIpc) is 2.46. The van der Waals surface area contributed by atoms with E-state index in [9.17, 15) is 4.79 Å². The van der Waals surface area contributed by atoms with Gasteiger partial charge in [-0.25, -0.2) is 4.79 Å². The number of aliphatic hydroxyl groups excluding tert-OH is 1. The molecule has 0 rings (SSSR count). The van der Waals surface area contributed by atoms with Gasteiger partial charge in [0, 0.05) is 21.3 Å². The number of methoxy groups -OCH3 is 2. The topological polar surface area (TPSA) is 65.0 Å². The zero-order valence-electron chi connectivity index (χ0n) is 13.0. The predicted octanol–water partition coefficient (Wildman–Crippen LogP) is 2.47. The van der Waals surface area contributed by atoms with E-state index in [1.54, 1.807) is 0 Å². The highest BCUT2D eigenvalue weighted by atomic mass is 16.7. The zero-order valence-corrected chi connectivity index (χ0v) is 13.0. The van der Waals surface area contributed by atoms with Crippen LogP contribution in [0.25, 0.3) is 0 Å². The van der Waals surface area contributed by atoms with Crippen LogP contribution in [0.4, 0.5) is 0 Å². The van der Waals surface area contributed by atoms with Crippen LogP contribution in [0.15, 0.2) is 0 Å². The van der Waals surface area contributed by atoms with Crippen LogP contribution >= 0.6 is 0 Å². The second-order valence-corrected chi connectivity index (χ2v) is 1.36. The summed E-state index contributed by atoms with van der Waals surface area (Å²) in [5, 5.41) is 7.00. The van der Waals surface area contributed by atoms with Crippen LogP contribution in [0.1, 0.15) is 41.5 Å². The highest BCUT2D eigenvalue weighted by Crippen LogP contribution is 1.78. The molecule has 110 valence electrons. The van der Waals surface area contributed by atoms with Crippen molar-refractivity contribution in [3.05, 3.63) is 0 Å². The molecule has 0 bridgehead atoms. The minimum absolute atomic E-state index is 0.0117. The molecule has 0 saturated heterocycles. The van der Waals surface area contributed by atoms with Gasteiger partial charge in [0.15, 0.2) is 6.79 Å². The molecule has 5 heteroatoms. The molecule has 0 aliphatic rings. The molecule has 0 amide bonds. The molecular weight excluding hydrogens is 224 g/mol.